The molecule has 1 aromatic heterocycles. The van der Waals surface area contributed by atoms with Gasteiger partial charge in [0.05, 0.1) is 17.8 Å². The van der Waals surface area contributed by atoms with E-state index in [4.69, 9.17) is 0 Å². The molecule has 148 valence electrons. The first-order valence-electron chi connectivity index (χ1n) is 8.20. The smallest absolute Gasteiger partial charge is 0.345 e. The van der Waals surface area contributed by atoms with Crippen molar-refractivity contribution in [1.82, 2.24) is 9.62 Å². The van der Waals surface area contributed by atoms with Crippen LogP contribution in [0.5, 0.6) is 5.75 Å². The summed E-state index contributed by atoms with van der Waals surface area (Å²) in [6.45, 7) is 2.25. The van der Waals surface area contributed by atoms with Crippen LogP contribution in [0, 0.1) is 6.92 Å². The van der Waals surface area contributed by atoms with E-state index in [-0.39, 0.29) is 41.1 Å². The number of aliphatic imine (C=N–C) groups is 1. The number of thiophene rings is 1. The number of aromatic hydroxyl groups is 1. The van der Waals surface area contributed by atoms with Crippen molar-refractivity contribution in [3.05, 3.63) is 45.6 Å². The number of carbonyl (C=O) groups is 1. The Morgan fingerprint density at radius 2 is 2.07 bits per heavy atom. The van der Waals surface area contributed by atoms with E-state index < -0.39 is 10.2 Å². The minimum atomic E-state index is -3.93. The highest BCUT2D eigenvalue weighted by Crippen LogP contribution is 2.28. The summed E-state index contributed by atoms with van der Waals surface area (Å²) in [6.07, 6.45) is 0. The number of aryl methyl sites for hydroxylation is 1. The lowest BCUT2D eigenvalue weighted by molar-refractivity contribution is 0.0824. The quantitative estimate of drug-likeness (QED) is 0.649. The van der Waals surface area contributed by atoms with Gasteiger partial charge in [0.25, 0.3) is 5.91 Å². The molecule has 0 spiro atoms. The number of benzene rings is 1. The number of phenolic OH excluding ortho intramolecular Hbond substituents is 1. The maximum absolute atomic E-state index is 12.2. The number of hydrogen-bond donors (Lipinski definition) is 3. The van der Waals surface area contributed by atoms with E-state index in [1.54, 1.807) is 31.5 Å². The van der Waals surface area contributed by atoms with Crippen LogP contribution in [-0.2, 0) is 16.8 Å². The molecule has 1 aliphatic heterocycles. The number of hydrogen-bond acceptors (Lipinski definition) is 7. The summed E-state index contributed by atoms with van der Waals surface area (Å²) in [6, 6.07) is 8.43. The van der Waals surface area contributed by atoms with Crippen LogP contribution >= 0.6 is 11.3 Å². The van der Waals surface area contributed by atoms with Gasteiger partial charge in [0.2, 0.25) is 0 Å². The van der Waals surface area contributed by atoms with Crippen molar-refractivity contribution < 1.29 is 18.3 Å². The average Bonchev–Trinajstić information content (AvgIpc) is 3.16. The minimum absolute atomic E-state index is 0.0368. The molecule has 1 amide bonds. The van der Waals surface area contributed by atoms with E-state index in [9.17, 15) is 18.3 Å². The molecule has 0 saturated carbocycles. The average molecular weight is 422 g/mol. The van der Waals surface area contributed by atoms with Gasteiger partial charge in [-0.15, -0.1) is 15.7 Å². The van der Waals surface area contributed by atoms with Gasteiger partial charge in [0.15, 0.2) is 17.4 Å². The van der Waals surface area contributed by atoms with Gasteiger partial charge in [0.1, 0.15) is 0 Å². The van der Waals surface area contributed by atoms with Gasteiger partial charge in [-0.2, -0.15) is 8.42 Å². The van der Waals surface area contributed by atoms with Gasteiger partial charge >= 0.3 is 10.2 Å². The van der Waals surface area contributed by atoms with Crippen molar-refractivity contribution in [3.63, 3.8) is 0 Å². The highest BCUT2D eigenvalue weighted by atomic mass is 32.2. The Labute approximate surface area is 166 Å². The second-order valence-electron chi connectivity index (χ2n) is 6.22. The molecule has 3 rings (SSSR count). The van der Waals surface area contributed by atoms with Crippen molar-refractivity contribution in [3.8, 4) is 5.75 Å². The number of rotatable bonds is 4. The molecule has 0 radical (unpaired) electrons. The maximum atomic E-state index is 12.2. The molecule has 3 N–H and O–H groups in total. The Morgan fingerprint density at radius 3 is 2.71 bits per heavy atom. The summed E-state index contributed by atoms with van der Waals surface area (Å²) in [5.41, 5.74) is 0.224. The molecule has 0 bridgehead atoms. The third kappa shape index (κ3) is 4.31. The third-order valence-electron chi connectivity index (χ3n) is 3.78. The first-order valence-corrected chi connectivity index (χ1v) is 10.5. The maximum Gasteiger partial charge on any atom is 0.345 e. The van der Waals surface area contributed by atoms with Gasteiger partial charge < -0.3 is 15.3 Å². The van der Waals surface area contributed by atoms with Crippen LogP contribution in [-0.4, -0.2) is 50.1 Å². The molecule has 0 aliphatic carbocycles. The van der Waals surface area contributed by atoms with E-state index in [1.807, 2.05) is 19.1 Å². The minimum Gasteiger partial charge on any atom is -0.505 e. The van der Waals surface area contributed by atoms with E-state index in [2.05, 4.69) is 19.4 Å². The molecular formula is C17H19N5O4S2. The Hall–Kier alpha value is -2.92. The molecular weight excluding hydrogens is 402 g/mol. The predicted molar refractivity (Wildman–Crippen MR) is 109 cm³/mol. The van der Waals surface area contributed by atoms with E-state index in [1.165, 1.54) is 17.0 Å². The van der Waals surface area contributed by atoms with Crippen LogP contribution in [0.3, 0.4) is 0 Å². The lowest BCUT2D eigenvalue weighted by Gasteiger charge is -2.14. The fourth-order valence-corrected chi connectivity index (χ4v) is 4.10. The zero-order valence-corrected chi connectivity index (χ0v) is 17.1. The molecule has 2 aromatic rings. The fraction of sp³-hybridized carbons (Fsp3) is 0.235. The number of para-hydroxylation sites is 1. The molecule has 1 aliphatic rings. The molecule has 9 nitrogen and oxygen atoms in total. The monoisotopic (exact) mass is 421 g/mol. The van der Waals surface area contributed by atoms with E-state index in [0.29, 0.717) is 0 Å². The van der Waals surface area contributed by atoms with E-state index in [0.717, 1.165) is 9.75 Å². The van der Waals surface area contributed by atoms with Gasteiger partial charge in [-0.05, 0) is 31.2 Å². The number of amidine groups is 2. The van der Waals surface area contributed by atoms with E-state index >= 15 is 0 Å². The van der Waals surface area contributed by atoms with Crippen LogP contribution in [0.2, 0.25) is 0 Å². The van der Waals surface area contributed by atoms with Crippen molar-refractivity contribution >= 4 is 44.8 Å². The van der Waals surface area contributed by atoms with Crippen molar-refractivity contribution in [2.45, 2.75) is 13.5 Å². The van der Waals surface area contributed by atoms with Gasteiger partial charge in [-0.1, -0.05) is 6.07 Å². The second-order valence-corrected chi connectivity index (χ2v) is 8.93. The summed E-state index contributed by atoms with van der Waals surface area (Å²) >= 11 is 1.56. The number of anilines is 1. The molecule has 0 saturated heterocycles. The summed E-state index contributed by atoms with van der Waals surface area (Å²) in [5, 5.41) is 13.2. The Bertz CT molecular complexity index is 1090. The van der Waals surface area contributed by atoms with Crippen molar-refractivity contribution in [1.29, 1.82) is 0 Å². The standard InChI is InChI=1S/C17H19N5O4S2/c1-10-7-8-11(27-10)9-18-15-16(21-28(25,26)20-15)19-13-6-4-5-12(14(13)23)17(24)22(2)3/h4-8,23H,9H2,1-3H3,(H,18,20)(H,19,21). The van der Waals surface area contributed by atoms with Crippen LogP contribution in [0.4, 0.5) is 5.69 Å². The second kappa shape index (κ2) is 7.60. The Kier molecular flexibility index (Phi) is 5.38. The first-order chi connectivity index (χ1) is 13.2. The van der Waals surface area contributed by atoms with Crippen molar-refractivity contribution in [2.75, 3.05) is 19.4 Å². The number of carbonyl (C=O) groups excluding carboxylic acids is 1. The summed E-state index contributed by atoms with van der Waals surface area (Å²) in [7, 11) is -0.793. The first kappa shape index (κ1) is 19.8. The topological polar surface area (TPSA) is 123 Å². The highest BCUT2D eigenvalue weighted by molar-refractivity contribution is 7.89. The fourth-order valence-electron chi connectivity index (χ4n) is 2.46. The SMILES string of the molecule is Cc1ccc(CN=C2NS(=O)(=O)N=C2Nc2cccc(C(=O)N(C)C)c2O)s1. The molecule has 0 unspecified atom stereocenters. The largest absolute Gasteiger partial charge is 0.505 e. The molecule has 28 heavy (non-hydrogen) atoms. The summed E-state index contributed by atoms with van der Waals surface area (Å²) < 4.78 is 29.6. The van der Waals surface area contributed by atoms with Crippen LogP contribution in [0.15, 0.2) is 39.7 Å². The zero-order chi connectivity index (χ0) is 20.5. The Morgan fingerprint density at radius 1 is 1.32 bits per heavy atom. The van der Waals surface area contributed by atoms with Gasteiger partial charge in [0, 0.05) is 23.8 Å². The number of nitrogens with zero attached hydrogens (tertiary/aromatic N) is 3. The lowest BCUT2D eigenvalue weighted by atomic mass is 10.1. The number of amides is 1. The van der Waals surface area contributed by atoms with Crippen LogP contribution < -0.4 is 10.0 Å². The molecule has 0 atom stereocenters. The molecule has 2 heterocycles. The molecule has 11 heteroatoms. The number of phenols is 1. The predicted octanol–water partition coefficient (Wildman–Crippen LogP) is 1.72. The van der Waals surface area contributed by atoms with Crippen LogP contribution in [0.25, 0.3) is 0 Å². The third-order valence-corrected chi connectivity index (χ3v) is 5.64. The number of nitrogens with one attached hydrogen (secondary N) is 2. The summed E-state index contributed by atoms with van der Waals surface area (Å²) in [4.78, 5) is 19.9. The Balaban J connectivity index is 1.89. The normalized spacial score (nSPS) is 16.5. The highest BCUT2D eigenvalue weighted by Gasteiger charge is 2.27. The molecule has 1 aromatic carbocycles. The summed E-state index contributed by atoms with van der Waals surface area (Å²) in [5.74, 6) is -0.712. The molecule has 0 fully saturated rings. The van der Waals surface area contributed by atoms with Gasteiger partial charge in [-0.3, -0.25) is 9.79 Å². The zero-order valence-electron chi connectivity index (χ0n) is 15.4. The lowest BCUT2D eigenvalue weighted by Crippen LogP contribution is -2.30. The van der Waals surface area contributed by atoms with Crippen LogP contribution in [0.1, 0.15) is 20.1 Å². The van der Waals surface area contributed by atoms with Crippen molar-refractivity contribution in [2.24, 2.45) is 9.39 Å². The van der Waals surface area contributed by atoms with Gasteiger partial charge in [-0.25, -0.2) is 4.72 Å².